The van der Waals surface area contributed by atoms with Crippen LogP contribution in [0.3, 0.4) is 0 Å². The van der Waals surface area contributed by atoms with E-state index in [1.807, 2.05) is 0 Å². The van der Waals surface area contributed by atoms with E-state index in [1.54, 1.807) is 0 Å². The summed E-state index contributed by atoms with van der Waals surface area (Å²) in [4.78, 5) is 0. The van der Waals surface area contributed by atoms with Gasteiger partial charge in [-0.25, -0.2) is 0 Å². The molecular formula is C31H47F3. The smallest absolute Gasteiger partial charge is 0.167 e. The second-order valence-corrected chi connectivity index (χ2v) is 11.2. The lowest BCUT2D eigenvalue weighted by Gasteiger charge is -2.30. The van der Waals surface area contributed by atoms with Gasteiger partial charge in [-0.3, -0.25) is 0 Å². The Bertz CT molecular complexity index is 686. The molecule has 192 valence electrons. The van der Waals surface area contributed by atoms with Crippen molar-refractivity contribution >= 4 is 0 Å². The number of rotatable bonds is 12. The van der Waals surface area contributed by atoms with Gasteiger partial charge in [-0.1, -0.05) is 95.1 Å². The summed E-state index contributed by atoms with van der Waals surface area (Å²) >= 11 is 0. The monoisotopic (exact) mass is 476 g/mol. The van der Waals surface area contributed by atoms with E-state index in [2.05, 4.69) is 31.2 Å². The van der Waals surface area contributed by atoms with Gasteiger partial charge in [-0.2, -0.15) is 13.2 Å². The molecule has 0 spiro atoms. The van der Waals surface area contributed by atoms with Crippen LogP contribution in [-0.2, 0) is 0 Å². The predicted octanol–water partition coefficient (Wildman–Crippen LogP) is 10.9. The van der Waals surface area contributed by atoms with Crippen LogP contribution in [0.25, 0.3) is 0 Å². The fraction of sp³-hybridized carbons (Fsp3) is 0.742. The van der Waals surface area contributed by atoms with E-state index >= 15 is 0 Å². The summed E-state index contributed by atoms with van der Waals surface area (Å²) in [7, 11) is 0. The largest absolute Gasteiger partial charge is 0.409 e. The first-order chi connectivity index (χ1) is 16.4. The van der Waals surface area contributed by atoms with Gasteiger partial charge in [-0.15, -0.1) is 0 Å². The van der Waals surface area contributed by atoms with E-state index in [-0.39, 0.29) is 5.92 Å². The normalized spacial score (nSPS) is 26.2. The van der Waals surface area contributed by atoms with Crippen LogP contribution in [0.4, 0.5) is 13.2 Å². The molecule has 34 heavy (non-hydrogen) atoms. The average Bonchev–Trinajstić information content (AvgIpc) is 2.85. The molecule has 0 N–H and O–H groups in total. The van der Waals surface area contributed by atoms with Crippen LogP contribution < -0.4 is 0 Å². The Balaban J connectivity index is 1.32. The topological polar surface area (TPSA) is 0 Å². The summed E-state index contributed by atoms with van der Waals surface area (Å²) in [5.74, 6) is 2.24. The second kappa shape index (κ2) is 14.3. The Morgan fingerprint density at radius 2 is 1.15 bits per heavy atom. The molecule has 0 unspecified atom stereocenters. The molecule has 2 saturated carbocycles. The highest BCUT2D eigenvalue weighted by Crippen LogP contribution is 2.40. The summed E-state index contributed by atoms with van der Waals surface area (Å²) in [5.41, 5.74) is 2.88. The highest BCUT2D eigenvalue weighted by Gasteiger charge is 2.26. The first kappa shape index (κ1) is 27.3. The highest BCUT2D eigenvalue weighted by atomic mass is 19.4. The van der Waals surface area contributed by atoms with Crippen LogP contribution in [-0.4, -0.2) is 6.18 Å². The maximum atomic E-state index is 12.4. The Kier molecular flexibility index (Phi) is 11.5. The summed E-state index contributed by atoms with van der Waals surface area (Å²) in [5, 5.41) is 0. The van der Waals surface area contributed by atoms with Gasteiger partial charge in [-0.05, 0) is 86.2 Å². The van der Waals surface area contributed by atoms with Gasteiger partial charge in [0.25, 0.3) is 0 Å². The lowest BCUT2D eigenvalue weighted by Crippen LogP contribution is -2.14. The third-order valence-corrected chi connectivity index (χ3v) is 8.52. The van der Waals surface area contributed by atoms with Gasteiger partial charge >= 0.3 is 6.18 Å². The molecule has 3 heteroatoms. The quantitative estimate of drug-likeness (QED) is 0.208. The van der Waals surface area contributed by atoms with Crippen molar-refractivity contribution in [3.8, 4) is 0 Å². The molecule has 2 aliphatic rings. The fourth-order valence-electron chi connectivity index (χ4n) is 6.28. The third kappa shape index (κ3) is 9.78. The van der Waals surface area contributed by atoms with Gasteiger partial charge in [0.15, 0.2) is 0 Å². The fourth-order valence-corrected chi connectivity index (χ4v) is 6.28. The maximum Gasteiger partial charge on any atom is 0.409 e. The standard InChI is InChI=1S/C31H47F3/c1-2-3-4-5-6-7-8-9-10-25-11-15-27(16-12-25)29-19-21-30(22-20-29)28-17-13-26(14-18-28)23-24-31(32,33)34/h19-28H,2-18H2,1H3/b24-23+/t25-,26-,27-,28-. The van der Waals surface area contributed by atoms with Crippen molar-refractivity contribution in [2.75, 3.05) is 0 Å². The highest BCUT2D eigenvalue weighted by molar-refractivity contribution is 5.28. The van der Waals surface area contributed by atoms with Gasteiger partial charge in [0.1, 0.15) is 0 Å². The van der Waals surface area contributed by atoms with Crippen molar-refractivity contribution in [2.24, 2.45) is 11.8 Å². The van der Waals surface area contributed by atoms with Crippen molar-refractivity contribution in [1.82, 2.24) is 0 Å². The number of alkyl halides is 3. The van der Waals surface area contributed by atoms with Crippen molar-refractivity contribution < 1.29 is 13.2 Å². The lowest BCUT2D eigenvalue weighted by atomic mass is 9.75. The van der Waals surface area contributed by atoms with Crippen molar-refractivity contribution in [3.63, 3.8) is 0 Å². The van der Waals surface area contributed by atoms with Crippen LogP contribution in [0.15, 0.2) is 36.4 Å². The first-order valence-corrected chi connectivity index (χ1v) is 14.3. The Morgan fingerprint density at radius 1 is 0.676 bits per heavy atom. The molecular weight excluding hydrogens is 429 g/mol. The number of hydrogen-bond donors (Lipinski definition) is 0. The number of benzene rings is 1. The number of allylic oxidation sites excluding steroid dienone is 2. The van der Waals surface area contributed by atoms with Gasteiger partial charge < -0.3 is 0 Å². The van der Waals surface area contributed by atoms with Gasteiger partial charge in [0.05, 0.1) is 0 Å². The summed E-state index contributed by atoms with van der Waals surface area (Å²) in [6, 6.07) is 9.29. The van der Waals surface area contributed by atoms with Crippen LogP contribution in [0, 0.1) is 11.8 Å². The zero-order valence-electron chi connectivity index (χ0n) is 21.4. The molecule has 0 bridgehead atoms. The number of halogens is 3. The van der Waals surface area contributed by atoms with E-state index in [9.17, 15) is 13.2 Å². The van der Waals surface area contributed by atoms with Crippen LogP contribution in [0.2, 0.25) is 0 Å². The molecule has 0 nitrogen and oxygen atoms in total. The number of unbranched alkanes of at least 4 members (excludes halogenated alkanes) is 7. The zero-order chi connectivity index (χ0) is 24.2. The molecule has 2 aliphatic carbocycles. The zero-order valence-corrected chi connectivity index (χ0v) is 21.4. The molecule has 0 aromatic heterocycles. The first-order valence-electron chi connectivity index (χ1n) is 14.3. The summed E-state index contributed by atoms with van der Waals surface area (Å²) in [6.07, 6.45) is 19.5. The van der Waals surface area contributed by atoms with Gasteiger partial charge in [0, 0.05) is 6.08 Å². The lowest BCUT2D eigenvalue weighted by molar-refractivity contribution is -0.0803. The molecule has 1 aromatic carbocycles. The molecule has 0 saturated heterocycles. The van der Waals surface area contributed by atoms with E-state index < -0.39 is 6.18 Å². The average molecular weight is 477 g/mol. The van der Waals surface area contributed by atoms with E-state index in [0.29, 0.717) is 17.9 Å². The molecule has 3 rings (SSSR count). The minimum atomic E-state index is -4.18. The molecule has 0 atom stereocenters. The SMILES string of the molecule is CCCCCCCCCC[C@H]1CC[C@H](c2ccc([C@H]3CC[C@H](/C=C/C(F)(F)F)CC3)cc2)CC1. The van der Waals surface area contributed by atoms with Crippen molar-refractivity contribution in [1.29, 1.82) is 0 Å². The molecule has 0 heterocycles. The predicted molar refractivity (Wildman–Crippen MR) is 138 cm³/mol. The minimum Gasteiger partial charge on any atom is -0.167 e. The maximum absolute atomic E-state index is 12.4. The second-order valence-electron chi connectivity index (χ2n) is 11.2. The van der Waals surface area contributed by atoms with E-state index in [0.717, 1.165) is 31.6 Å². The Morgan fingerprint density at radius 3 is 1.65 bits per heavy atom. The van der Waals surface area contributed by atoms with Gasteiger partial charge in [0.2, 0.25) is 0 Å². The molecule has 0 amide bonds. The Hall–Kier alpha value is -1.25. The van der Waals surface area contributed by atoms with Crippen LogP contribution >= 0.6 is 0 Å². The molecule has 1 aromatic rings. The summed E-state index contributed by atoms with van der Waals surface area (Å²) < 4.78 is 37.2. The molecule has 0 radical (unpaired) electrons. The number of hydrogen-bond acceptors (Lipinski definition) is 0. The summed E-state index contributed by atoms with van der Waals surface area (Å²) in [6.45, 7) is 2.28. The van der Waals surface area contributed by atoms with Crippen molar-refractivity contribution in [3.05, 3.63) is 47.5 Å². The van der Waals surface area contributed by atoms with Crippen molar-refractivity contribution in [2.45, 2.75) is 134 Å². The van der Waals surface area contributed by atoms with E-state index in [4.69, 9.17) is 0 Å². The molecule has 0 aliphatic heterocycles. The third-order valence-electron chi connectivity index (χ3n) is 8.52. The Labute approximate surface area is 206 Å². The van der Waals surface area contributed by atoms with Crippen LogP contribution in [0.1, 0.15) is 139 Å². The molecule has 2 fully saturated rings. The van der Waals surface area contributed by atoms with E-state index in [1.165, 1.54) is 101 Å². The van der Waals surface area contributed by atoms with Crippen LogP contribution in [0.5, 0.6) is 0 Å². The minimum absolute atomic E-state index is 0.0816.